The number of tetrazole rings is 1. The van der Waals surface area contributed by atoms with Crippen LogP contribution in [-0.4, -0.2) is 78.2 Å². The number of ether oxygens (including phenoxy) is 1. The number of aromatic nitrogens is 8. The van der Waals surface area contributed by atoms with E-state index in [0.717, 1.165) is 61.6 Å². The molecule has 5 heterocycles. The van der Waals surface area contributed by atoms with Crippen LogP contribution in [0.3, 0.4) is 0 Å². The molecule has 11 nitrogen and oxygen atoms in total. The minimum Gasteiger partial charge on any atom is -0.396 e. The molecule has 0 aliphatic carbocycles. The van der Waals surface area contributed by atoms with E-state index in [2.05, 4.69) is 40.5 Å². The van der Waals surface area contributed by atoms with Gasteiger partial charge >= 0.3 is 0 Å². The molecule has 2 fully saturated rings. The van der Waals surface area contributed by atoms with Gasteiger partial charge in [-0.2, -0.15) is 5.21 Å². The van der Waals surface area contributed by atoms with Crippen molar-refractivity contribution in [3.05, 3.63) is 18.5 Å². The third-order valence-electron chi connectivity index (χ3n) is 6.22. The third-order valence-corrected chi connectivity index (χ3v) is 6.22. The number of piperidine rings is 1. The highest BCUT2D eigenvalue weighted by molar-refractivity contribution is 5.83. The standard InChI is InChI=1S/C18H25N9O2/c28-10-18(3-6-29-7-4-18)9-27-12-21-14-16(19-11-20-17(14)27)26-5-1-2-13(8-26)15-22-24-25-23-15/h11-13,28H,1-10H2,(H,22,23,24,25). The van der Waals surface area contributed by atoms with Crippen molar-refractivity contribution in [2.75, 3.05) is 37.8 Å². The van der Waals surface area contributed by atoms with Crippen molar-refractivity contribution in [3.8, 4) is 0 Å². The number of nitrogens with zero attached hydrogens (tertiary/aromatic N) is 8. The number of aliphatic hydroxyl groups excluding tert-OH is 1. The number of imidazole rings is 1. The van der Waals surface area contributed by atoms with Gasteiger partial charge < -0.3 is 19.3 Å². The zero-order valence-electron chi connectivity index (χ0n) is 16.2. The third kappa shape index (κ3) is 3.44. The van der Waals surface area contributed by atoms with Crippen molar-refractivity contribution in [2.45, 2.75) is 38.1 Å². The summed E-state index contributed by atoms with van der Waals surface area (Å²) >= 11 is 0. The Morgan fingerprint density at radius 1 is 1.24 bits per heavy atom. The Morgan fingerprint density at radius 2 is 2.14 bits per heavy atom. The lowest BCUT2D eigenvalue weighted by molar-refractivity contribution is -0.0248. The second kappa shape index (κ2) is 7.64. The van der Waals surface area contributed by atoms with Crippen LogP contribution < -0.4 is 4.90 Å². The first kappa shape index (κ1) is 18.4. The SMILES string of the molecule is OCC1(Cn2cnc3c(N4CCCC(c5nn[nH]n5)C4)ncnc32)CCOCC1. The van der Waals surface area contributed by atoms with Crippen molar-refractivity contribution in [1.29, 1.82) is 0 Å². The quantitative estimate of drug-likeness (QED) is 0.630. The molecule has 1 atom stereocenters. The Bertz CT molecular complexity index is 952. The molecule has 0 radical (unpaired) electrons. The first-order valence-electron chi connectivity index (χ1n) is 10.1. The minimum absolute atomic E-state index is 0.131. The Balaban J connectivity index is 1.42. The molecule has 0 amide bonds. The molecule has 0 saturated carbocycles. The van der Waals surface area contributed by atoms with Gasteiger partial charge in [0.1, 0.15) is 6.33 Å². The molecule has 29 heavy (non-hydrogen) atoms. The van der Waals surface area contributed by atoms with Crippen LogP contribution in [0.1, 0.15) is 37.4 Å². The van der Waals surface area contributed by atoms with Gasteiger partial charge in [-0.05, 0) is 25.7 Å². The predicted octanol–water partition coefficient (Wildman–Crippen LogP) is 0.513. The molecule has 2 aliphatic heterocycles. The van der Waals surface area contributed by atoms with Crippen molar-refractivity contribution in [3.63, 3.8) is 0 Å². The molecule has 0 aromatic carbocycles. The van der Waals surface area contributed by atoms with Crippen LogP contribution in [0.5, 0.6) is 0 Å². The van der Waals surface area contributed by atoms with E-state index < -0.39 is 0 Å². The average Bonchev–Trinajstić information content (AvgIpc) is 3.45. The van der Waals surface area contributed by atoms with Crippen LogP contribution in [-0.2, 0) is 11.3 Å². The highest BCUT2D eigenvalue weighted by atomic mass is 16.5. The number of nitrogens with one attached hydrogen (secondary N) is 1. The first-order chi connectivity index (χ1) is 14.3. The fourth-order valence-corrected chi connectivity index (χ4v) is 4.47. The van der Waals surface area contributed by atoms with Gasteiger partial charge in [-0.15, -0.1) is 10.2 Å². The number of hydrogen-bond donors (Lipinski definition) is 2. The summed E-state index contributed by atoms with van der Waals surface area (Å²) in [7, 11) is 0. The second-order valence-electron chi connectivity index (χ2n) is 8.07. The highest BCUT2D eigenvalue weighted by Gasteiger charge is 2.33. The maximum Gasteiger partial charge on any atom is 0.179 e. The van der Waals surface area contributed by atoms with Gasteiger partial charge in [-0.1, -0.05) is 5.21 Å². The van der Waals surface area contributed by atoms with Crippen molar-refractivity contribution < 1.29 is 9.84 Å². The smallest absolute Gasteiger partial charge is 0.179 e. The number of fused-ring (bicyclic) bond motifs is 1. The zero-order valence-corrected chi connectivity index (χ0v) is 16.2. The molecule has 1 unspecified atom stereocenters. The lowest BCUT2D eigenvalue weighted by Gasteiger charge is -2.35. The van der Waals surface area contributed by atoms with Gasteiger partial charge in [-0.25, -0.2) is 15.0 Å². The molecule has 2 aliphatic rings. The molecule has 0 spiro atoms. The van der Waals surface area contributed by atoms with E-state index in [9.17, 15) is 5.11 Å². The summed E-state index contributed by atoms with van der Waals surface area (Å²) in [6.07, 6.45) is 7.14. The molecule has 3 aromatic heterocycles. The fraction of sp³-hybridized carbons (Fsp3) is 0.667. The zero-order chi connectivity index (χ0) is 19.7. The molecule has 0 bridgehead atoms. The summed E-state index contributed by atoms with van der Waals surface area (Å²) in [6, 6.07) is 0. The lowest BCUT2D eigenvalue weighted by atomic mass is 9.81. The van der Waals surface area contributed by atoms with Gasteiger partial charge in [0.05, 0.1) is 12.9 Å². The van der Waals surface area contributed by atoms with E-state index >= 15 is 0 Å². The van der Waals surface area contributed by atoms with Crippen LogP contribution in [0.4, 0.5) is 5.82 Å². The van der Waals surface area contributed by atoms with E-state index in [1.54, 1.807) is 6.33 Å². The van der Waals surface area contributed by atoms with Crippen LogP contribution >= 0.6 is 0 Å². The van der Waals surface area contributed by atoms with Crippen LogP contribution in [0.2, 0.25) is 0 Å². The van der Waals surface area contributed by atoms with Crippen LogP contribution in [0, 0.1) is 5.41 Å². The summed E-state index contributed by atoms with van der Waals surface area (Å²) in [4.78, 5) is 15.9. The Labute approximate surface area is 167 Å². The fourth-order valence-electron chi connectivity index (χ4n) is 4.47. The predicted molar refractivity (Wildman–Crippen MR) is 103 cm³/mol. The monoisotopic (exact) mass is 399 g/mol. The number of aliphatic hydroxyl groups is 1. The Morgan fingerprint density at radius 3 is 2.93 bits per heavy atom. The molecule has 3 aromatic rings. The van der Waals surface area contributed by atoms with Gasteiger partial charge in [-0.3, -0.25) is 0 Å². The lowest BCUT2D eigenvalue weighted by Crippen LogP contribution is -2.37. The maximum atomic E-state index is 10.0. The number of anilines is 1. The van der Waals surface area contributed by atoms with Gasteiger partial charge in [0.15, 0.2) is 22.8 Å². The molecule has 5 rings (SSSR count). The van der Waals surface area contributed by atoms with E-state index in [-0.39, 0.29) is 17.9 Å². The van der Waals surface area contributed by atoms with Crippen molar-refractivity contribution in [1.82, 2.24) is 40.1 Å². The van der Waals surface area contributed by atoms with Gasteiger partial charge in [0, 0.05) is 44.2 Å². The second-order valence-corrected chi connectivity index (χ2v) is 8.07. The summed E-state index contributed by atoms with van der Waals surface area (Å²) < 4.78 is 7.53. The van der Waals surface area contributed by atoms with Gasteiger partial charge in [0.25, 0.3) is 0 Å². The summed E-state index contributed by atoms with van der Waals surface area (Å²) in [5.74, 6) is 1.80. The van der Waals surface area contributed by atoms with Crippen LogP contribution in [0.25, 0.3) is 11.2 Å². The maximum absolute atomic E-state index is 10.0. The minimum atomic E-state index is -0.189. The highest BCUT2D eigenvalue weighted by Crippen LogP contribution is 2.34. The molecular weight excluding hydrogens is 374 g/mol. The normalized spacial score (nSPS) is 22.2. The largest absolute Gasteiger partial charge is 0.396 e. The number of hydrogen-bond acceptors (Lipinski definition) is 9. The molecule has 2 saturated heterocycles. The van der Waals surface area contributed by atoms with Crippen molar-refractivity contribution >= 4 is 17.0 Å². The number of rotatable bonds is 5. The Hall–Kier alpha value is -2.66. The molecular formula is C18H25N9O2. The van der Waals surface area contributed by atoms with Crippen LogP contribution in [0.15, 0.2) is 12.7 Å². The van der Waals surface area contributed by atoms with E-state index in [1.165, 1.54) is 0 Å². The molecule has 154 valence electrons. The summed E-state index contributed by atoms with van der Waals surface area (Å²) in [5.41, 5.74) is 1.41. The summed E-state index contributed by atoms with van der Waals surface area (Å²) in [5, 5.41) is 24.6. The molecule has 2 N–H and O–H groups in total. The molecule has 11 heteroatoms. The Kier molecular flexibility index (Phi) is 4.84. The summed E-state index contributed by atoms with van der Waals surface area (Å²) in [6.45, 7) is 3.84. The van der Waals surface area contributed by atoms with E-state index in [0.29, 0.717) is 19.8 Å². The number of aromatic amines is 1. The van der Waals surface area contributed by atoms with Gasteiger partial charge in [0.2, 0.25) is 0 Å². The first-order valence-corrected chi connectivity index (χ1v) is 10.1. The van der Waals surface area contributed by atoms with E-state index in [4.69, 9.17) is 4.74 Å². The average molecular weight is 399 g/mol. The van der Waals surface area contributed by atoms with E-state index in [1.807, 2.05) is 10.9 Å². The topological polar surface area (TPSA) is 131 Å². The number of H-pyrrole nitrogens is 1. The van der Waals surface area contributed by atoms with Crippen molar-refractivity contribution in [2.24, 2.45) is 5.41 Å².